The monoisotopic (exact) mass is 1600 g/mol. The third-order valence-corrected chi connectivity index (χ3v) is 25.8. The first-order chi connectivity index (χ1) is 59.9. The molecule has 20 aromatic rings. The first kappa shape index (κ1) is 78.3. The minimum atomic E-state index is -0.0794. The fourth-order valence-electron chi connectivity index (χ4n) is 19.3. The van der Waals surface area contributed by atoms with Crippen molar-refractivity contribution >= 4 is 155 Å². The topological polar surface area (TPSA) is 22.8 Å². The largest absolute Gasteiger partial charge is 0.310 e. The highest BCUT2D eigenvalue weighted by atomic mass is 15.2. The molecule has 0 saturated heterocycles. The molecule has 0 saturated carbocycles. The Labute approximate surface area is 729 Å². The number of aryl methyl sites for hydroxylation is 1. The molecule has 0 bridgehead atoms. The summed E-state index contributed by atoms with van der Waals surface area (Å²) in [5, 5.41) is 14.2. The highest BCUT2D eigenvalue weighted by Gasteiger charge is 2.32. The Balaban J connectivity index is 0.806. The maximum absolute atomic E-state index is 2.56. The Bertz CT molecular complexity index is 7500. The molecule has 6 heteroatoms. The molecule has 2 heterocycles. The summed E-state index contributed by atoms with van der Waals surface area (Å²) in [7, 11) is 0. The molecule has 0 unspecified atom stereocenters. The van der Waals surface area contributed by atoms with Gasteiger partial charge in [0, 0.05) is 100.0 Å². The van der Waals surface area contributed by atoms with Crippen LogP contribution >= 0.6 is 0 Å². The molecule has 0 aliphatic heterocycles. The summed E-state index contributed by atoms with van der Waals surface area (Å²) in [4.78, 5) is 10.0. The van der Waals surface area contributed by atoms with Gasteiger partial charge in [0.25, 0.3) is 0 Å². The van der Waals surface area contributed by atoms with E-state index in [9.17, 15) is 0 Å². The number of para-hydroxylation sites is 4. The summed E-state index contributed by atoms with van der Waals surface area (Å²) in [6.07, 6.45) is 0. The molecule has 0 fully saturated rings. The lowest BCUT2D eigenvalue weighted by molar-refractivity contribution is 0.590. The third-order valence-electron chi connectivity index (χ3n) is 25.8. The molecule has 0 atom stereocenters. The van der Waals surface area contributed by atoms with Gasteiger partial charge in [-0.25, -0.2) is 0 Å². The summed E-state index contributed by atoms with van der Waals surface area (Å²) in [6.45, 7) is 32.2. The van der Waals surface area contributed by atoms with Gasteiger partial charge in [-0.1, -0.05) is 326 Å². The van der Waals surface area contributed by atoms with Crippen LogP contribution in [0.25, 0.3) is 109 Å². The van der Waals surface area contributed by atoms with Gasteiger partial charge in [0.2, 0.25) is 0 Å². The van der Waals surface area contributed by atoms with E-state index in [2.05, 4.69) is 502 Å². The number of hydrogen-bond acceptors (Lipinski definition) is 4. The predicted molar refractivity (Wildman–Crippen MR) is 534 cm³/mol. The van der Waals surface area contributed by atoms with E-state index in [4.69, 9.17) is 0 Å². The zero-order chi connectivity index (χ0) is 85.2. The minimum absolute atomic E-state index is 0.00936. The maximum Gasteiger partial charge on any atom is 0.0568 e. The Kier molecular flexibility index (Phi) is 19.2. The predicted octanol–water partition coefficient (Wildman–Crippen LogP) is 33.8. The van der Waals surface area contributed by atoms with Crippen molar-refractivity contribution in [3.05, 3.63) is 409 Å². The van der Waals surface area contributed by atoms with Gasteiger partial charge in [-0.2, -0.15) is 0 Å². The van der Waals surface area contributed by atoms with Crippen LogP contribution in [-0.2, 0) is 21.7 Å². The summed E-state index contributed by atoms with van der Waals surface area (Å²) in [6, 6.07) is 142. The highest BCUT2D eigenvalue weighted by molar-refractivity contribution is 6.34. The smallest absolute Gasteiger partial charge is 0.0568 e. The molecule has 0 N–H and O–H groups in total. The normalized spacial score (nSPS) is 12.3. The molecule has 20 rings (SSSR count). The molecule has 606 valence electrons. The first-order valence-electron chi connectivity index (χ1n) is 43.8. The zero-order valence-electron chi connectivity index (χ0n) is 73.5. The third kappa shape index (κ3) is 13.6. The number of rotatable bonds is 15. The fraction of sp³-hybridized carbons (Fsp3) is 0.153. The van der Waals surface area contributed by atoms with E-state index in [1.807, 2.05) is 0 Å². The van der Waals surface area contributed by atoms with Crippen LogP contribution in [0, 0.1) is 13.8 Å². The van der Waals surface area contributed by atoms with E-state index < -0.39 is 0 Å². The average Bonchev–Trinajstić information content (AvgIpc) is 1.54. The van der Waals surface area contributed by atoms with Gasteiger partial charge < -0.3 is 28.7 Å². The van der Waals surface area contributed by atoms with Gasteiger partial charge >= 0.3 is 0 Å². The number of aromatic nitrogens is 2. The van der Waals surface area contributed by atoms with Gasteiger partial charge in [0.1, 0.15) is 0 Å². The first-order valence-corrected chi connectivity index (χ1v) is 43.8. The lowest BCUT2D eigenvalue weighted by atomic mass is 9.87. The van der Waals surface area contributed by atoms with Crippen molar-refractivity contribution in [2.75, 3.05) is 19.6 Å². The van der Waals surface area contributed by atoms with Gasteiger partial charge in [0.05, 0.1) is 44.8 Å². The Morgan fingerprint density at radius 3 is 0.823 bits per heavy atom. The fourth-order valence-corrected chi connectivity index (χ4v) is 19.3. The van der Waals surface area contributed by atoms with Crippen LogP contribution in [0.2, 0.25) is 0 Å². The lowest BCUT2D eigenvalue weighted by Gasteiger charge is -2.31. The highest BCUT2D eigenvalue weighted by Crippen LogP contribution is 2.55. The van der Waals surface area contributed by atoms with Crippen molar-refractivity contribution in [1.29, 1.82) is 0 Å². The van der Waals surface area contributed by atoms with Crippen molar-refractivity contribution in [2.24, 2.45) is 0 Å². The van der Waals surface area contributed by atoms with Crippen LogP contribution in [0.1, 0.15) is 116 Å². The number of anilines is 12. The van der Waals surface area contributed by atoms with Crippen molar-refractivity contribution in [1.82, 2.24) is 9.13 Å². The lowest BCUT2D eigenvalue weighted by Crippen LogP contribution is -2.15. The molecule has 0 aliphatic carbocycles. The molecule has 0 spiro atoms. The van der Waals surface area contributed by atoms with Gasteiger partial charge in [-0.3, -0.25) is 0 Å². The average molecular weight is 1610 g/mol. The second-order valence-corrected chi connectivity index (χ2v) is 37.8. The zero-order valence-corrected chi connectivity index (χ0v) is 73.5. The molecular formula is C118H104N6. The molecule has 18 aromatic carbocycles. The summed E-state index contributed by atoms with van der Waals surface area (Å²) in [5.41, 5.74) is 29.2. The summed E-state index contributed by atoms with van der Waals surface area (Å²) >= 11 is 0. The van der Waals surface area contributed by atoms with Crippen LogP contribution in [0.15, 0.2) is 376 Å². The van der Waals surface area contributed by atoms with Crippen LogP contribution in [-0.4, -0.2) is 9.13 Å². The van der Waals surface area contributed by atoms with Gasteiger partial charge in [-0.15, -0.1) is 0 Å². The summed E-state index contributed by atoms with van der Waals surface area (Å²) in [5.74, 6) is 0. The second kappa shape index (κ2) is 30.4. The molecular weight excluding hydrogens is 1500 g/mol. The standard InChI is InChI=1S/C118H104N6/c1-77-36-24-33-54-101(77)121(89-68-60-82(61-69-89)117(9,10)11)105-75-109-113(99-51-31-27-47-95(99)105)114-100-52-32-28-48-96(100)106(76-110(114)124(109)86-42-22-17-23-43-86)122(90-70-62-83(63-71-90)118(12,13)14)102-55-35-53-92(78(102)2)79-37-34-44-91(72-79)120(88-66-58-81(59-67-88)116(6,7)8)104-74-108-112(98-50-30-26-46-94(98)104)111-97-49-29-25-45-93(97)103(73-107(111)123(108)85-40-20-16-21-41-85)119(84-38-18-15-19-39-84)87-64-56-80(57-65-87)115(3,4)5/h15-76H,1-14H3. The van der Waals surface area contributed by atoms with E-state index in [-0.39, 0.29) is 21.7 Å². The van der Waals surface area contributed by atoms with Crippen molar-refractivity contribution in [3.8, 4) is 22.5 Å². The Morgan fingerprint density at radius 1 is 0.202 bits per heavy atom. The number of fused-ring (bicyclic) bond motifs is 14. The quantitative estimate of drug-likeness (QED) is 0.102. The molecule has 0 radical (unpaired) electrons. The number of nitrogens with zero attached hydrogens (tertiary/aromatic N) is 6. The van der Waals surface area contributed by atoms with E-state index in [1.54, 1.807) is 0 Å². The number of benzene rings is 18. The maximum atomic E-state index is 2.56. The van der Waals surface area contributed by atoms with Gasteiger partial charge in [0.15, 0.2) is 0 Å². The molecule has 0 amide bonds. The van der Waals surface area contributed by atoms with Crippen molar-refractivity contribution in [3.63, 3.8) is 0 Å². The molecule has 2 aromatic heterocycles. The van der Waals surface area contributed by atoms with Crippen LogP contribution in [0.5, 0.6) is 0 Å². The second-order valence-electron chi connectivity index (χ2n) is 37.8. The number of hydrogen-bond donors (Lipinski definition) is 0. The minimum Gasteiger partial charge on any atom is -0.310 e. The SMILES string of the molecule is Cc1ccccc1N(c1ccc(C(C)(C)C)cc1)c1cc2c(c3ccccc13)c1c3ccccc3c(N(c3ccc(C(C)(C)C)cc3)c3cccc(-c4cccc(N(c5ccc(C(C)(C)C)cc5)c5cc6c(c7ccccc57)c5c7ccccc7c(N(c7ccccc7)c7ccc(C(C)(C)C)cc7)cc5n6-c5ccccc5)c4)c3C)cc1n2-c1ccccc1. The molecule has 6 nitrogen and oxygen atoms in total. The van der Waals surface area contributed by atoms with Crippen LogP contribution in [0.3, 0.4) is 0 Å². The van der Waals surface area contributed by atoms with Crippen molar-refractivity contribution < 1.29 is 0 Å². The summed E-state index contributed by atoms with van der Waals surface area (Å²) < 4.78 is 5.08. The van der Waals surface area contributed by atoms with E-state index in [1.165, 1.54) is 81.7 Å². The van der Waals surface area contributed by atoms with Crippen LogP contribution < -0.4 is 19.6 Å². The van der Waals surface area contributed by atoms with Crippen molar-refractivity contribution in [2.45, 2.75) is 119 Å². The van der Waals surface area contributed by atoms with E-state index in [0.717, 1.165) is 129 Å². The Morgan fingerprint density at radius 2 is 0.468 bits per heavy atom. The molecule has 0 aliphatic rings. The van der Waals surface area contributed by atoms with E-state index >= 15 is 0 Å². The molecule has 124 heavy (non-hydrogen) atoms. The Hall–Kier alpha value is -14.2. The van der Waals surface area contributed by atoms with Gasteiger partial charge in [-0.05, 0) is 235 Å². The van der Waals surface area contributed by atoms with Crippen LogP contribution in [0.4, 0.5) is 68.2 Å². The van der Waals surface area contributed by atoms with E-state index in [0.29, 0.717) is 0 Å².